The number of nitrogens with one attached hydrogen (secondary N) is 1. The Morgan fingerprint density at radius 2 is 2.14 bits per heavy atom. The van der Waals surface area contributed by atoms with Crippen molar-refractivity contribution in [3.8, 4) is 5.75 Å². The van der Waals surface area contributed by atoms with Gasteiger partial charge in [0.15, 0.2) is 5.69 Å². The minimum absolute atomic E-state index is 0.113. The van der Waals surface area contributed by atoms with Gasteiger partial charge in [-0.2, -0.15) is 0 Å². The molecule has 1 heterocycles. The van der Waals surface area contributed by atoms with Gasteiger partial charge in [0.05, 0.1) is 18.3 Å². The summed E-state index contributed by atoms with van der Waals surface area (Å²) in [6.07, 6.45) is 1.22. The number of nitrogens with zero attached hydrogens (tertiary/aromatic N) is 3. The highest BCUT2D eigenvalue weighted by Crippen LogP contribution is 2.14. The Morgan fingerprint density at radius 1 is 1.38 bits per heavy atom. The third-order valence-corrected chi connectivity index (χ3v) is 2.58. The monoisotopic (exact) mass is 294 g/mol. The summed E-state index contributed by atoms with van der Waals surface area (Å²) in [6.45, 7) is 0.299. The van der Waals surface area contributed by atoms with E-state index in [1.807, 2.05) is 0 Å². The summed E-state index contributed by atoms with van der Waals surface area (Å²) in [4.78, 5) is 22.3. The van der Waals surface area contributed by atoms with Crippen molar-refractivity contribution in [2.24, 2.45) is 0 Å². The molecule has 0 bridgehead atoms. The van der Waals surface area contributed by atoms with Crippen LogP contribution in [0.5, 0.6) is 5.75 Å². The van der Waals surface area contributed by atoms with Crippen molar-refractivity contribution >= 4 is 11.9 Å². The standard InChI is InChI=1S/C12H11FN4O4/c13-9-5-7(18)1-2-8(9)11(19)14-3-4-17-6-10(12(20)21)15-16-17/h1-2,5-6,18H,3-4H2,(H,14,19)(H,20,21). The Morgan fingerprint density at radius 3 is 2.76 bits per heavy atom. The number of hydrogen-bond acceptors (Lipinski definition) is 5. The highest BCUT2D eigenvalue weighted by molar-refractivity contribution is 5.94. The smallest absolute Gasteiger partial charge is 0.358 e. The second-order valence-electron chi connectivity index (χ2n) is 4.09. The maximum atomic E-state index is 13.4. The van der Waals surface area contributed by atoms with E-state index in [9.17, 15) is 14.0 Å². The van der Waals surface area contributed by atoms with E-state index in [4.69, 9.17) is 10.2 Å². The number of hydrogen-bond donors (Lipinski definition) is 3. The van der Waals surface area contributed by atoms with Crippen LogP contribution in [-0.2, 0) is 6.54 Å². The van der Waals surface area contributed by atoms with Gasteiger partial charge in [-0.25, -0.2) is 13.9 Å². The maximum Gasteiger partial charge on any atom is 0.358 e. The molecule has 0 aliphatic carbocycles. The van der Waals surface area contributed by atoms with Gasteiger partial charge >= 0.3 is 5.97 Å². The second kappa shape index (κ2) is 5.99. The van der Waals surface area contributed by atoms with E-state index in [2.05, 4.69) is 15.6 Å². The quantitative estimate of drug-likeness (QED) is 0.727. The molecule has 0 fully saturated rings. The van der Waals surface area contributed by atoms with Gasteiger partial charge in [0.25, 0.3) is 5.91 Å². The first-order chi connectivity index (χ1) is 9.97. The minimum Gasteiger partial charge on any atom is -0.508 e. The number of phenols is 1. The molecule has 2 aromatic rings. The molecule has 21 heavy (non-hydrogen) atoms. The normalized spacial score (nSPS) is 10.3. The van der Waals surface area contributed by atoms with Crippen LogP contribution in [0.1, 0.15) is 20.8 Å². The van der Waals surface area contributed by atoms with Crippen LogP contribution in [0.4, 0.5) is 4.39 Å². The predicted molar refractivity (Wildman–Crippen MR) is 67.4 cm³/mol. The second-order valence-corrected chi connectivity index (χ2v) is 4.09. The van der Waals surface area contributed by atoms with Crippen LogP contribution in [-0.4, -0.2) is 43.6 Å². The summed E-state index contributed by atoms with van der Waals surface area (Å²) < 4.78 is 14.7. The van der Waals surface area contributed by atoms with Crippen molar-refractivity contribution in [3.63, 3.8) is 0 Å². The van der Waals surface area contributed by atoms with Crippen LogP contribution >= 0.6 is 0 Å². The van der Waals surface area contributed by atoms with E-state index in [-0.39, 0.29) is 30.1 Å². The fraction of sp³-hybridized carbons (Fsp3) is 0.167. The van der Waals surface area contributed by atoms with E-state index in [0.717, 1.165) is 12.1 Å². The van der Waals surface area contributed by atoms with Gasteiger partial charge in [0.2, 0.25) is 0 Å². The Bertz CT molecular complexity index is 686. The topological polar surface area (TPSA) is 117 Å². The zero-order chi connectivity index (χ0) is 15.4. The molecule has 0 radical (unpaired) electrons. The SMILES string of the molecule is O=C(O)c1cn(CCNC(=O)c2ccc(O)cc2F)nn1. The number of carboxylic acid groups (broad SMARTS) is 1. The zero-order valence-corrected chi connectivity index (χ0v) is 10.7. The van der Waals surface area contributed by atoms with E-state index in [1.165, 1.54) is 16.9 Å². The first-order valence-corrected chi connectivity index (χ1v) is 5.87. The molecule has 8 nitrogen and oxygen atoms in total. The molecule has 0 atom stereocenters. The van der Waals surface area contributed by atoms with E-state index in [0.29, 0.717) is 0 Å². The number of benzene rings is 1. The van der Waals surface area contributed by atoms with Crippen LogP contribution < -0.4 is 5.32 Å². The molecular formula is C12H11FN4O4. The molecule has 0 spiro atoms. The van der Waals surface area contributed by atoms with Gasteiger partial charge in [-0.05, 0) is 12.1 Å². The summed E-state index contributed by atoms with van der Waals surface area (Å²) >= 11 is 0. The highest BCUT2D eigenvalue weighted by atomic mass is 19.1. The van der Waals surface area contributed by atoms with Gasteiger partial charge in [0.1, 0.15) is 11.6 Å². The number of halogens is 1. The van der Waals surface area contributed by atoms with Crippen LogP contribution in [0.2, 0.25) is 0 Å². The van der Waals surface area contributed by atoms with E-state index >= 15 is 0 Å². The van der Waals surface area contributed by atoms with Crippen LogP contribution in [0.15, 0.2) is 24.4 Å². The summed E-state index contributed by atoms with van der Waals surface area (Å²) in [5, 5.41) is 27.1. The highest BCUT2D eigenvalue weighted by Gasteiger charge is 2.12. The van der Waals surface area contributed by atoms with Crippen molar-refractivity contribution in [1.82, 2.24) is 20.3 Å². The predicted octanol–water partition coefficient (Wildman–Crippen LogP) is 0.251. The van der Waals surface area contributed by atoms with Gasteiger partial charge < -0.3 is 15.5 Å². The molecule has 1 aromatic heterocycles. The van der Waals surface area contributed by atoms with Gasteiger partial charge in [0, 0.05) is 12.6 Å². The van der Waals surface area contributed by atoms with Crippen molar-refractivity contribution in [1.29, 1.82) is 0 Å². The third kappa shape index (κ3) is 3.53. The van der Waals surface area contributed by atoms with Gasteiger partial charge in [-0.3, -0.25) is 4.79 Å². The fourth-order valence-corrected chi connectivity index (χ4v) is 1.57. The average molecular weight is 294 g/mol. The molecule has 0 saturated heterocycles. The lowest BCUT2D eigenvalue weighted by Gasteiger charge is -2.06. The average Bonchev–Trinajstić information content (AvgIpc) is 2.87. The summed E-state index contributed by atoms with van der Waals surface area (Å²) in [6, 6.07) is 3.21. The minimum atomic E-state index is -1.20. The number of aromatic carboxylic acids is 1. The molecular weight excluding hydrogens is 283 g/mol. The molecule has 0 saturated carbocycles. The first kappa shape index (κ1) is 14.4. The molecule has 110 valence electrons. The molecule has 1 aromatic carbocycles. The zero-order valence-electron chi connectivity index (χ0n) is 10.7. The van der Waals surface area contributed by atoms with Gasteiger partial charge in [-0.1, -0.05) is 5.21 Å². The molecule has 9 heteroatoms. The summed E-state index contributed by atoms with van der Waals surface area (Å²) in [5.41, 5.74) is -0.400. The van der Waals surface area contributed by atoms with Crippen LogP contribution in [0.25, 0.3) is 0 Å². The lowest BCUT2D eigenvalue weighted by Crippen LogP contribution is -2.28. The largest absolute Gasteiger partial charge is 0.508 e. The van der Waals surface area contributed by atoms with Gasteiger partial charge in [-0.15, -0.1) is 5.10 Å². The Labute approximate surface area is 117 Å². The molecule has 0 aliphatic heterocycles. The Balaban J connectivity index is 1.90. The number of carbonyl (C=O) groups is 2. The lowest BCUT2D eigenvalue weighted by atomic mass is 10.2. The van der Waals surface area contributed by atoms with Crippen LogP contribution in [0, 0.1) is 5.82 Å². The lowest BCUT2D eigenvalue weighted by molar-refractivity contribution is 0.0690. The number of aromatic nitrogens is 3. The van der Waals surface area contributed by atoms with Crippen molar-refractivity contribution < 1.29 is 24.2 Å². The summed E-state index contributed by atoms with van der Waals surface area (Å²) in [5.74, 6) is -2.95. The number of aromatic hydroxyl groups is 1. The number of carbonyl (C=O) groups excluding carboxylic acids is 1. The van der Waals surface area contributed by atoms with E-state index < -0.39 is 17.7 Å². The molecule has 0 aliphatic rings. The van der Waals surface area contributed by atoms with Crippen molar-refractivity contribution in [2.45, 2.75) is 6.54 Å². The van der Waals surface area contributed by atoms with E-state index in [1.54, 1.807) is 0 Å². The molecule has 3 N–H and O–H groups in total. The number of rotatable bonds is 5. The Hall–Kier alpha value is -2.97. The number of amides is 1. The molecule has 0 unspecified atom stereocenters. The number of carboxylic acids is 1. The third-order valence-electron chi connectivity index (χ3n) is 2.58. The van der Waals surface area contributed by atoms with Crippen LogP contribution in [0.3, 0.4) is 0 Å². The Kier molecular flexibility index (Phi) is 4.12. The maximum absolute atomic E-state index is 13.4. The van der Waals surface area contributed by atoms with Crippen molar-refractivity contribution in [3.05, 3.63) is 41.5 Å². The first-order valence-electron chi connectivity index (χ1n) is 5.87. The summed E-state index contributed by atoms with van der Waals surface area (Å²) in [7, 11) is 0. The fourth-order valence-electron chi connectivity index (χ4n) is 1.57. The molecule has 1 amide bonds. The molecule has 2 rings (SSSR count). The van der Waals surface area contributed by atoms with Crippen molar-refractivity contribution in [2.75, 3.05) is 6.54 Å². The number of phenolic OH excluding ortho intramolecular Hbond substituents is 1.